The van der Waals surface area contributed by atoms with Gasteiger partial charge in [-0.05, 0) is 12.1 Å². The molecule has 18 heavy (non-hydrogen) atoms. The van der Waals surface area contributed by atoms with E-state index in [4.69, 9.17) is 11.6 Å². The second kappa shape index (κ2) is 4.32. The molecule has 0 atom stereocenters. The zero-order chi connectivity index (χ0) is 12.7. The molecular weight excluding hydrogens is 248 g/mol. The van der Waals surface area contributed by atoms with Gasteiger partial charge in [-0.15, -0.1) is 0 Å². The van der Waals surface area contributed by atoms with Crippen molar-refractivity contribution in [1.29, 1.82) is 0 Å². The molecule has 94 valence electrons. The van der Waals surface area contributed by atoms with Crippen LogP contribution in [-0.2, 0) is 17.8 Å². The van der Waals surface area contributed by atoms with Gasteiger partial charge >= 0.3 is 0 Å². The van der Waals surface area contributed by atoms with Gasteiger partial charge in [-0.25, -0.2) is 0 Å². The van der Waals surface area contributed by atoms with Gasteiger partial charge in [0, 0.05) is 53.1 Å². The summed E-state index contributed by atoms with van der Waals surface area (Å²) < 4.78 is 0. The fraction of sp³-hybridized carbons (Fsp3) is 0.357. The number of nitrogens with one attached hydrogen (secondary N) is 1. The van der Waals surface area contributed by atoms with Crippen LogP contribution in [0.4, 0.5) is 0 Å². The van der Waals surface area contributed by atoms with E-state index in [9.17, 15) is 4.79 Å². The number of hydrogen-bond acceptors (Lipinski definition) is 1. The van der Waals surface area contributed by atoms with Crippen molar-refractivity contribution in [3.63, 3.8) is 0 Å². The number of carbonyl (C=O) groups is 1. The molecule has 1 N–H and O–H groups in total. The lowest BCUT2D eigenvalue weighted by atomic mass is 10.0. The molecule has 0 unspecified atom stereocenters. The Bertz CT molecular complexity index is 618. The summed E-state index contributed by atoms with van der Waals surface area (Å²) in [6.07, 6.45) is 1.47. The highest BCUT2D eigenvalue weighted by atomic mass is 35.5. The van der Waals surface area contributed by atoms with Crippen LogP contribution in [-0.4, -0.2) is 22.3 Å². The van der Waals surface area contributed by atoms with Gasteiger partial charge in [0.2, 0.25) is 5.91 Å². The van der Waals surface area contributed by atoms with Gasteiger partial charge in [-0.2, -0.15) is 0 Å². The summed E-state index contributed by atoms with van der Waals surface area (Å²) in [5.74, 6) is 0.226. The number of fused-ring (bicyclic) bond motifs is 3. The molecule has 0 fully saturated rings. The Balaban J connectivity index is 2.04. The van der Waals surface area contributed by atoms with Gasteiger partial charge < -0.3 is 9.88 Å². The Morgan fingerprint density at radius 3 is 3.11 bits per heavy atom. The number of aromatic nitrogens is 1. The van der Waals surface area contributed by atoms with Crippen LogP contribution >= 0.6 is 11.6 Å². The van der Waals surface area contributed by atoms with Crippen molar-refractivity contribution in [2.45, 2.75) is 26.3 Å². The molecular formula is C14H15ClN2O. The molecule has 0 radical (unpaired) electrons. The average molecular weight is 263 g/mol. The van der Waals surface area contributed by atoms with E-state index in [2.05, 4.69) is 4.98 Å². The summed E-state index contributed by atoms with van der Waals surface area (Å²) in [4.78, 5) is 17.1. The first kappa shape index (κ1) is 11.6. The van der Waals surface area contributed by atoms with Crippen molar-refractivity contribution < 1.29 is 4.79 Å². The number of H-pyrrole nitrogens is 1. The fourth-order valence-electron chi connectivity index (χ4n) is 2.63. The second-order valence-corrected chi connectivity index (χ2v) is 5.13. The van der Waals surface area contributed by atoms with E-state index in [-0.39, 0.29) is 5.91 Å². The van der Waals surface area contributed by atoms with E-state index in [0.29, 0.717) is 13.0 Å². The summed E-state index contributed by atoms with van der Waals surface area (Å²) in [5.41, 5.74) is 3.56. The lowest BCUT2D eigenvalue weighted by Crippen LogP contribution is -2.35. The molecule has 3 nitrogen and oxygen atoms in total. The molecule has 0 bridgehead atoms. The number of halogens is 1. The third-order valence-corrected chi connectivity index (χ3v) is 3.83. The van der Waals surface area contributed by atoms with Crippen molar-refractivity contribution in [3.05, 3.63) is 34.5 Å². The van der Waals surface area contributed by atoms with Gasteiger partial charge in [0.15, 0.2) is 0 Å². The minimum Gasteiger partial charge on any atom is -0.358 e. The van der Waals surface area contributed by atoms with Crippen LogP contribution in [0.25, 0.3) is 10.9 Å². The zero-order valence-electron chi connectivity index (χ0n) is 10.3. The second-order valence-electron chi connectivity index (χ2n) is 4.69. The number of rotatable bonds is 1. The summed E-state index contributed by atoms with van der Waals surface area (Å²) >= 11 is 6.00. The highest BCUT2D eigenvalue weighted by Crippen LogP contribution is 2.29. The molecule has 0 saturated carbocycles. The largest absolute Gasteiger partial charge is 0.358 e. The molecule has 1 aliphatic heterocycles. The Labute approximate surface area is 111 Å². The van der Waals surface area contributed by atoms with Gasteiger partial charge in [-0.3, -0.25) is 4.79 Å². The predicted octanol–water partition coefficient (Wildman–Crippen LogP) is 3.12. The highest BCUT2D eigenvalue weighted by Gasteiger charge is 2.22. The number of hydrogen-bond donors (Lipinski definition) is 1. The number of nitrogens with zero attached hydrogens (tertiary/aromatic N) is 1. The monoisotopic (exact) mass is 262 g/mol. The highest BCUT2D eigenvalue weighted by molar-refractivity contribution is 6.31. The minimum atomic E-state index is 0.226. The van der Waals surface area contributed by atoms with E-state index in [1.807, 2.05) is 30.0 Å². The molecule has 2 heterocycles. The molecule has 2 aromatic rings. The Morgan fingerprint density at radius 2 is 2.33 bits per heavy atom. The van der Waals surface area contributed by atoms with Crippen LogP contribution in [0.3, 0.4) is 0 Å². The summed E-state index contributed by atoms with van der Waals surface area (Å²) in [5, 5.41) is 1.92. The van der Waals surface area contributed by atoms with E-state index in [1.165, 1.54) is 16.6 Å². The normalized spacial score (nSPS) is 14.9. The predicted molar refractivity (Wildman–Crippen MR) is 72.7 cm³/mol. The van der Waals surface area contributed by atoms with Crippen LogP contribution in [0.1, 0.15) is 24.6 Å². The van der Waals surface area contributed by atoms with E-state index in [0.717, 1.165) is 23.5 Å². The first-order valence-corrected chi connectivity index (χ1v) is 6.63. The topological polar surface area (TPSA) is 36.1 Å². The standard InChI is InChI=1S/C14H15ClN2O/c1-2-14(18)17-6-5-12-11(8-17)10-4-3-9(15)7-13(10)16-12/h3-4,7,16H,2,5-6,8H2,1H3. The van der Waals surface area contributed by atoms with Crippen molar-refractivity contribution in [2.24, 2.45) is 0 Å². The molecule has 1 aromatic heterocycles. The van der Waals surface area contributed by atoms with Crippen LogP contribution in [0.5, 0.6) is 0 Å². The molecule has 3 rings (SSSR count). The molecule has 1 amide bonds. The lowest BCUT2D eigenvalue weighted by Gasteiger charge is -2.26. The Morgan fingerprint density at radius 1 is 1.50 bits per heavy atom. The first-order valence-electron chi connectivity index (χ1n) is 6.25. The molecule has 1 aliphatic rings. The Hall–Kier alpha value is -1.48. The molecule has 4 heteroatoms. The summed E-state index contributed by atoms with van der Waals surface area (Å²) in [6.45, 7) is 3.43. The summed E-state index contributed by atoms with van der Waals surface area (Å²) in [7, 11) is 0. The molecule has 0 saturated heterocycles. The van der Waals surface area contributed by atoms with Crippen molar-refractivity contribution >= 4 is 28.4 Å². The SMILES string of the molecule is CCC(=O)N1CCc2[nH]c3cc(Cl)ccc3c2C1. The number of benzene rings is 1. The third kappa shape index (κ3) is 1.79. The lowest BCUT2D eigenvalue weighted by molar-refractivity contribution is -0.131. The van der Waals surface area contributed by atoms with Crippen LogP contribution in [0.15, 0.2) is 18.2 Å². The van der Waals surface area contributed by atoms with E-state index in [1.54, 1.807) is 0 Å². The van der Waals surface area contributed by atoms with E-state index >= 15 is 0 Å². The third-order valence-electron chi connectivity index (χ3n) is 3.59. The maximum atomic E-state index is 11.8. The minimum absolute atomic E-state index is 0.226. The van der Waals surface area contributed by atoms with Crippen LogP contribution < -0.4 is 0 Å². The van der Waals surface area contributed by atoms with Crippen molar-refractivity contribution in [3.8, 4) is 0 Å². The average Bonchev–Trinajstić information content (AvgIpc) is 2.74. The van der Waals surface area contributed by atoms with Crippen molar-refractivity contribution in [1.82, 2.24) is 9.88 Å². The number of carbonyl (C=O) groups excluding carboxylic acids is 1. The zero-order valence-corrected chi connectivity index (χ0v) is 11.0. The van der Waals surface area contributed by atoms with Crippen LogP contribution in [0, 0.1) is 0 Å². The molecule has 0 aliphatic carbocycles. The van der Waals surface area contributed by atoms with Crippen molar-refractivity contribution in [2.75, 3.05) is 6.54 Å². The molecule has 1 aromatic carbocycles. The first-order chi connectivity index (χ1) is 8.69. The quantitative estimate of drug-likeness (QED) is 0.842. The summed E-state index contributed by atoms with van der Waals surface area (Å²) in [6, 6.07) is 5.88. The van der Waals surface area contributed by atoms with Gasteiger partial charge in [-0.1, -0.05) is 24.6 Å². The maximum Gasteiger partial charge on any atom is 0.222 e. The Kier molecular flexibility index (Phi) is 2.78. The van der Waals surface area contributed by atoms with Crippen LogP contribution in [0.2, 0.25) is 5.02 Å². The fourth-order valence-corrected chi connectivity index (χ4v) is 2.80. The number of aromatic amines is 1. The van der Waals surface area contributed by atoms with E-state index < -0.39 is 0 Å². The van der Waals surface area contributed by atoms with Gasteiger partial charge in [0.05, 0.1) is 0 Å². The maximum absolute atomic E-state index is 11.8. The van der Waals surface area contributed by atoms with Gasteiger partial charge in [0.1, 0.15) is 0 Å². The van der Waals surface area contributed by atoms with Gasteiger partial charge in [0.25, 0.3) is 0 Å². The molecule has 0 spiro atoms. The smallest absolute Gasteiger partial charge is 0.222 e. The number of amides is 1.